The van der Waals surface area contributed by atoms with Crippen LogP contribution in [-0.2, 0) is 7.05 Å². The van der Waals surface area contributed by atoms with Gasteiger partial charge in [0.25, 0.3) is 0 Å². The monoisotopic (exact) mass is 302 g/mol. The van der Waals surface area contributed by atoms with Gasteiger partial charge in [0, 0.05) is 18.6 Å². The molecule has 0 spiro atoms. The van der Waals surface area contributed by atoms with Crippen LogP contribution in [-0.4, -0.2) is 26.9 Å². The molecule has 0 bridgehead atoms. The van der Waals surface area contributed by atoms with Crippen LogP contribution < -0.4 is 11.2 Å². The smallest absolute Gasteiger partial charge is 0.293 e. The second kappa shape index (κ2) is 4.81. The average Bonchev–Trinajstić information content (AvgIpc) is 2.80. The molecule has 0 fully saturated rings. The predicted octanol–water partition coefficient (Wildman–Crippen LogP) is 0.839. The molecule has 0 saturated heterocycles. The molecular weight excluding hydrogens is 287 g/mol. The van der Waals surface area contributed by atoms with Crippen molar-refractivity contribution in [2.24, 2.45) is 7.05 Å². The maximum Gasteiger partial charge on any atom is 0.333 e. The van der Waals surface area contributed by atoms with Crippen LogP contribution in [0.5, 0.6) is 0 Å². The molecule has 0 unspecified atom stereocenters. The minimum atomic E-state index is -0.0908. The Labute approximate surface area is 133 Å². The van der Waals surface area contributed by atoms with Gasteiger partial charge in [0.1, 0.15) is 7.85 Å². The van der Waals surface area contributed by atoms with Gasteiger partial charge in [0.2, 0.25) is 0 Å². The van der Waals surface area contributed by atoms with Crippen LogP contribution in [0, 0.1) is 6.92 Å². The van der Waals surface area contributed by atoms with Gasteiger partial charge in [-0.05, 0) is 25.1 Å². The third-order valence-electron chi connectivity index (χ3n) is 4.26. The third-order valence-corrected chi connectivity index (χ3v) is 4.26. The highest BCUT2D eigenvalue weighted by Gasteiger charge is 2.17. The first-order chi connectivity index (χ1) is 11.1. The lowest BCUT2D eigenvalue weighted by Crippen LogP contribution is -2.21. The van der Waals surface area contributed by atoms with E-state index in [1.807, 2.05) is 39.0 Å². The number of aryl methyl sites for hydroxylation is 2. The number of rotatable bonds is 1. The lowest BCUT2D eigenvalue weighted by Gasteiger charge is -2.08. The number of pyridine rings is 2. The van der Waals surface area contributed by atoms with Gasteiger partial charge in [-0.1, -0.05) is 17.6 Å². The maximum atomic E-state index is 12.8. The molecule has 112 valence electrons. The van der Waals surface area contributed by atoms with Crippen molar-refractivity contribution >= 4 is 35.2 Å². The van der Waals surface area contributed by atoms with Gasteiger partial charge in [-0.25, -0.2) is 4.79 Å². The van der Waals surface area contributed by atoms with Crippen molar-refractivity contribution in [3.05, 3.63) is 58.9 Å². The van der Waals surface area contributed by atoms with E-state index in [4.69, 9.17) is 0 Å². The number of benzene rings is 1. The van der Waals surface area contributed by atoms with Gasteiger partial charge in [0.15, 0.2) is 0 Å². The van der Waals surface area contributed by atoms with Crippen LogP contribution in [0.3, 0.4) is 0 Å². The van der Waals surface area contributed by atoms with Gasteiger partial charge in [0.05, 0.1) is 34.1 Å². The van der Waals surface area contributed by atoms with Crippen molar-refractivity contribution in [2.75, 3.05) is 0 Å². The van der Waals surface area contributed by atoms with Crippen molar-refractivity contribution in [2.45, 2.75) is 6.92 Å². The zero-order chi connectivity index (χ0) is 16.1. The van der Waals surface area contributed by atoms with E-state index in [-0.39, 0.29) is 5.69 Å². The topological polar surface area (TPSA) is 52.7 Å². The summed E-state index contributed by atoms with van der Waals surface area (Å²) in [5.41, 5.74) is 5.24. The molecule has 4 aromatic rings. The highest BCUT2D eigenvalue weighted by molar-refractivity contribution is 6.33. The van der Waals surface area contributed by atoms with E-state index in [0.29, 0.717) is 0 Å². The van der Waals surface area contributed by atoms with E-state index in [0.717, 1.165) is 38.8 Å². The zero-order valence-corrected chi connectivity index (χ0v) is 13.2. The van der Waals surface area contributed by atoms with Crippen molar-refractivity contribution in [1.29, 1.82) is 0 Å². The second-order valence-electron chi connectivity index (χ2n) is 5.80. The fourth-order valence-electron chi connectivity index (χ4n) is 3.05. The molecule has 3 heterocycles. The van der Waals surface area contributed by atoms with E-state index in [1.54, 1.807) is 28.6 Å². The molecule has 0 atom stereocenters. The highest BCUT2D eigenvalue weighted by atomic mass is 16.1. The Morgan fingerprint density at radius 3 is 2.78 bits per heavy atom. The van der Waals surface area contributed by atoms with Crippen molar-refractivity contribution in [1.82, 2.24) is 19.1 Å². The average molecular weight is 302 g/mol. The van der Waals surface area contributed by atoms with Crippen LogP contribution in [0.1, 0.15) is 5.69 Å². The Morgan fingerprint density at radius 2 is 2.00 bits per heavy atom. The van der Waals surface area contributed by atoms with E-state index >= 15 is 0 Å². The van der Waals surface area contributed by atoms with Crippen LogP contribution in [0.25, 0.3) is 27.6 Å². The Kier molecular flexibility index (Phi) is 2.88. The Bertz CT molecular complexity index is 1130. The minimum Gasteiger partial charge on any atom is -0.293 e. The number of imidazole rings is 1. The van der Waals surface area contributed by atoms with Gasteiger partial charge in [-0.3, -0.25) is 19.1 Å². The van der Waals surface area contributed by atoms with Crippen LogP contribution in [0.15, 0.2) is 47.5 Å². The van der Waals surface area contributed by atoms with Crippen molar-refractivity contribution in [3.8, 4) is 5.69 Å². The number of hydrogen-bond donors (Lipinski definition) is 0. The molecule has 0 saturated carbocycles. The van der Waals surface area contributed by atoms with Gasteiger partial charge < -0.3 is 0 Å². The van der Waals surface area contributed by atoms with Gasteiger partial charge >= 0.3 is 5.69 Å². The first-order valence-corrected chi connectivity index (χ1v) is 7.47. The summed E-state index contributed by atoms with van der Waals surface area (Å²) in [7, 11) is 3.81. The van der Waals surface area contributed by atoms with Crippen LogP contribution >= 0.6 is 0 Å². The summed E-state index contributed by atoms with van der Waals surface area (Å²) in [4.78, 5) is 21.7. The fourth-order valence-corrected chi connectivity index (χ4v) is 3.05. The number of hydrogen-bond acceptors (Lipinski definition) is 3. The van der Waals surface area contributed by atoms with E-state index in [2.05, 4.69) is 16.0 Å². The largest absolute Gasteiger partial charge is 0.333 e. The van der Waals surface area contributed by atoms with E-state index < -0.39 is 0 Å². The molecule has 23 heavy (non-hydrogen) atoms. The maximum absolute atomic E-state index is 12.8. The van der Waals surface area contributed by atoms with Crippen LogP contribution in [0.2, 0.25) is 0 Å². The Morgan fingerprint density at radius 1 is 1.17 bits per heavy atom. The summed E-state index contributed by atoms with van der Waals surface area (Å²) in [6.45, 7) is 1.91. The normalized spacial score (nSPS) is 11.4. The lowest BCUT2D eigenvalue weighted by molar-refractivity contribution is 0.840. The van der Waals surface area contributed by atoms with Crippen LogP contribution in [0.4, 0.5) is 0 Å². The number of nitrogens with zero attached hydrogens (tertiary/aromatic N) is 4. The van der Waals surface area contributed by atoms with Gasteiger partial charge in [-0.2, -0.15) is 0 Å². The van der Waals surface area contributed by atoms with Gasteiger partial charge in [-0.15, -0.1) is 0 Å². The molecule has 3 aromatic heterocycles. The zero-order valence-electron chi connectivity index (χ0n) is 13.2. The first kappa shape index (κ1) is 13.8. The first-order valence-electron chi connectivity index (χ1n) is 7.47. The molecule has 6 heteroatoms. The molecule has 4 rings (SSSR count). The molecule has 0 aliphatic carbocycles. The Balaban J connectivity index is 2.28. The summed E-state index contributed by atoms with van der Waals surface area (Å²) in [6, 6.07) is 9.86. The van der Waals surface area contributed by atoms with Crippen molar-refractivity contribution < 1.29 is 0 Å². The SMILES string of the molecule is Bc1ccc2ncc3c(c2c1)n(-c1cccnc1C)c(=O)n3C. The molecule has 0 radical (unpaired) electrons. The summed E-state index contributed by atoms with van der Waals surface area (Å²) < 4.78 is 3.37. The molecule has 1 aromatic carbocycles. The van der Waals surface area contributed by atoms with E-state index in [9.17, 15) is 4.79 Å². The van der Waals surface area contributed by atoms with Crippen molar-refractivity contribution in [3.63, 3.8) is 0 Å². The summed E-state index contributed by atoms with van der Waals surface area (Å²) in [6.07, 6.45) is 3.50. The lowest BCUT2D eigenvalue weighted by atomic mass is 9.94. The quantitative estimate of drug-likeness (QED) is 0.490. The summed E-state index contributed by atoms with van der Waals surface area (Å²) >= 11 is 0. The minimum absolute atomic E-state index is 0.0908. The molecule has 0 amide bonds. The predicted molar refractivity (Wildman–Crippen MR) is 94.5 cm³/mol. The molecule has 5 nitrogen and oxygen atoms in total. The summed E-state index contributed by atoms with van der Waals surface area (Å²) in [5.74, 6) is 0. The second-order valence-corrected chi connectivity index (χ2v) is 5.80. The summed E-state index contributed by atoms with van der Waals surface area (Å²) in [5, 5.41) is 0.975. The molecule has 0 aliphatic heterocycles. The molecular formula is C17H15BN4O. The standard InChI is InChI=1S/C17H15BN4O/c1-10-14(4-3-7-19-10)22-16-12-8-11(18)5-6-13(12)20-9-15(16)21(2)17(22)23/h3-9H,18H2,1-2H3. The fraction of sp³-hybridized carbons (Fsp3) is 0.118. The molecule has 0 N–H and O–H groups in total. The number of aromatic nitrogens is 4. The Hall–Kier alpha value is -2.89. The third kappa shape index (κ3) is 1.91. The van der Waals surface area contributed by atoms with E-state index in [1.165, 1.54) is 0 Å². The number of fused-ring (bicyclic) bond motifs is 3. The highest BCUT2D eigenvalue weighted by Crippen LogP contribution is 2.25. The molecule has 0 aliphatic rings.